The van der Waals surface area contributed by atoms with E-state index in [0.29, 0.717) is 19.8 Å². The minimum Gasteiger partial charge on any atom is -0.490 e. The van der Waals surface area contributed by atoms with Crippen molar-refractivity contribution < 1.29 is 19.0 Å². The molecule has 0 atom stereocenters. The van der Waals surface area contributed by atoms with E-state index in [2.05, 4.69) is 6.92 Å². The van der Waals surface area contributed by atoms with Gasteiger partial charge in [-0.3, -0.25) is 4.79 Å². The monoisotopic (exact) mass is 436 g/mol. The SMILES string of the molecule is CCOc1ccc(COc2cccc(/C=C/C(=O)c3ccc(CC)s3)c2)cc1OCC. The van der Waals surface area contributed by atoms with E-state index in [0.717, 1.165) is 39.7 Å². The topological polar surface area (TPSA) is 44.8 Å². The van der Waals surface area contributed by atoms with E-state index < -0.39 is 0 Å². The van der Waals surface area contributed by atoms with Gasteiger partial charge in [0.25, 0.3) is 0 Å². The first-order chi connectivity index (χ1) is 15.1. The second-order valence-corrected chi connectivity index (χ2v) is 7.99. The first-order valence-corrected chi connectivity index (χ1v) is 11.4. The molecule has 5 heteroatoms. The summed E-state index contributed by atoms with van der Waals surface area (Å²) in [6.07, 6.45) is 4.39. The zero-order valence-electron chi connectivity index (χ0n) is 18.2. The zero-order valence-corrected chi connectivity index (χ0v) is 19.0. The lowest BCUT2D eigenvalue weighted by atomic mass is 10.1. The first-order valence-electron chi connectivity index (χ1n) is 10.5. The smallest absolute Gasteiger partial charge is 0.195 e. The van der Waals surface area contributed by atoms with E-state index in [1.807, 2.05) is 74.5 Å². The van der Waals surface area contributed by atoms with Gasteiger partial charge in [0.2, 0.25) is 0 Å². The van der Waals surface area contributed by atoms with Crippen LogP contribution >= 0.6 is 11.3 Å². The molecular formula is C26H28O4S. The number of hydrogen-bond donors (Lipinski definition) is 0. The van der Waals surface area contributed by atoms with Crippen LogP contribution in [0.25, 0.3) is 6.08 Å². The summed E-state index contributed by atoms with van der Waals surface area (Å²) >= 11 is 1.55. The van der Waals surface area contributed by atoms with Gasteiger partial charge in [0, 0.05) is 4.88 Å². The molecule has 0 saturated heterocycles. The van der Waals surface area contributed by atoms with Crippen LogP contribution in [0.4, 0.5) is 0 Å². The summed E-state index contributed by atoms with van der Waals surface area (Å²) in [5.74, 6) is 2.22. The predicted octanol–water partition coefficient (Wildman–Crippen LogP) is 6.58. The van der Waals surface area contributed by atoms with Gasteiger partial charge >= 0.3 is 0 Å². The molecule has 0 fully saturated rings. The van der Waals surface area contributed by atoms with Crippen LogP contribution in [0.15, 0.2) is 60.7 Å². The van der Waals surface area contributed by atoms with E-state index in [9.17, 15) is 4.79 Å². The van der Waals surface area contributed by atoms with Crippen molar-refractivity contribution in [2.24, 2.45) is 0 Å². The van der Waals surface area contributed by atoms with Crippen LogP contribution in [-0.4, -0.2) is 19.0 Å². The normalized spacial score (nSPS) is 10.9. The molecule has 0 saturated carbocycles. The molecule has 1 heterocycles. The number of ether oxygens (including phenoxy) is 3. The molecule has 0 aliphatic rings. The van der Waals surface area contributed by atoms with Crippen LogP contribution in [0.3, 0.4) is 0 Å². The van der Waals surface area contributed by atoms with Gasteiger partial charge in [0.15, 0.2) is 17.3 Å². The molecule has 162 valence electrons. The van der Waals surface area contributed by atoms with Crippen molar-refractivity contribution in [2.45, 2.75) is 33.8 Å². The maximum absolute atomic E-state index is 12.4. The Hall–Kier alpha value is -3.05. The Kier molecular flexibility index (Phi) is 8.30. The van der Waals surface area contributed by atoms with Gasteiger partial charge in [-0.1, -0.05) is 31.2 Å². The number of ketones is 1. The van der Waals surface area contributed by atoms with Crippen LogP contribution in [0.2, 0.25) is 0 Å². The molecule has 0 N–H and O–H groups in total. The van der Waals surface area contributed by atoms with Gasteiger partial charge in [0.1, 0.15) is 12.4 Å². The number of rotatable bonds is 11. The molecule has 0 amide bonds. The Morgan fingerprint density at radius 3 is 2.45 bits per heavy atom. The molecule has 0 bridgehead atoms. The molecule has 0 radical (unpaired) electrons. The van der Waals surface area contributed by atoms with Crippen molar-refractivity contribution in [1.82, 2.24) is 0 Å². The van der Waals surface area contributed by atoms with Crippen LogP contribution in [0.1, 0.15) is 46.4 Å². The maximum atomic E-state index is 12.4. The van der Waals surface area contributed by atoms with E-state index in [1.165, 1.54) is 4.88 Å². The first kappa shape index (κ1) is 22.6. The van der Waals surface area contributed by atoms with E-state index in [1.54, 1.807) is 17.4 Å². The summed E-state index contributed by atoms with van der Waals surface area (Å²) in [6, 6.07) is 17.4. The lowest BCUT2D eigenvalue weighted by Crippen LogP contribution is -2.01. The lowest BCUT2D eigenvalue weighted by molar-refractivity contribution is 0.105. The van der Waals surface area contributed by atoms with E-state index in [4.69, 9.17) is 14.2 Å². The molecule has 0 aliphatic heterocycles. The molecule has 0 unspecified atom stereocenters. The Morgan fingerprint density at radius 2 is 1.71 bits per heavy atom. The van der Waals surface area contributed by atoms with Crippen molar-refractivity contribution in [3.8, 4) is 17.2 Å². The minimum absolute atomic E-state index is 0.0221. The number of thiophene rings is 1. The van der Waals surface area contributed by atoms with Gasteiger partial charge in [-0.25, -0.2) is 0 Å². The average molecular weight is 437 g/mol. The average Bonchev–Trinajstić information content (AvgIpc) is 3.28. The van der Waals surface area contributed by atoms with Gasteiger partial charge in [0.05, 0.1) is 18.1 Å². The molecular weight excluding hydrogens is 408 g/mol. The molecule has 2 aromatic carbocycles. The number of carbonyl (C=O) groups is 1. The molecule has 31 heavy (non-hydrogen) atoms. The zero-order chi connectivity index (χ0) is 22.1. The van der Waals surface area contributed by atoms with E-state index >= 15 is 0 Å². The van der Waals surface area contributed by atoms with Crippen molar-refractivity contribution in [3.05, 3.63) is 81.6 Å². The number of aryl methyl sites for hydroxylation is 1. The molecule has 1 aromatic heterocycles. The molecule has 3 aromatic rings. The van der Waals surface area contributed by atoms with Gasteiger partial charge in [-0.15, -0.1) is 11.3 Å². The van der Waals surface area contributed by atoms with E-state index in [-0.39, 0.29) is 5.78 Å². The third-order valence-corrected chi connectivity index (χ3v) is 5.80. The van der Waals surface area contributed by atoms with Crippen LogP contribution in [0.5, 0.6) is 17.2 Å². The fourth-order valence-corrected chi connectivity index (χ4v) is 3.88. The second-order valence-electron chi connectivity index (χ2n) is 6.83. The standard InChI is InChI=1S/C26H28O4S/c1-4-22-12-15-26(31-22)23(27)13-10-19-8-7-9-21(16-19)30-18-20-11-14-24(28-5-2)25(17-20)29-6-3/h7-17H,4-6,18H2,1-3H3/b13-10+. The summed E-state index contributed by atoms with van der Waals surface area (Å²) in [5, 5.41) is 0. The third-order valence-electron chi connectivity index (χ3n) is 4.55. The maximum Gasteiger partial charge on any atom is 0.195 e. The molecule has 3 rings (SSSR count). The summed E-state index contributed by atoms with van der Waals surface area (Å²) in [7, 11) is 0. The van der Waals surface area contributed by atoms with Gasteiger partial charge in [-0.2, -0.15) is 0 Å². The molecule has 0 aliphatic carbocycles. The fraction of sp³-hybridized carbons (Fsp3) is 0.269. The Morgan fingerprint density at radius 1 is 0.903 bits per heavy atom. The summed E-state index contributed by atoms with van der Waals surface area (Å²) < 4.78 is 17.3. The Labute approximate surface area is 188 Å². The Balaban J connectivity index is 1.64. The second kappa shape index (κ2) is 11.4. The van der Waals surface area contributed by atoms with Crippen LogP contribution in [-0.2, 0) is 13.0 Å². The predicted molar refractivity (Wildman–Crippen MR) is 127 cm³/mol. The van der Waals surface area contributed by atoms with Gasteiger partial charge in [-0.05, 0) is 73.9 Å². The van der Waals surface area contributed by atoms with Crippen molar-refractivity contribution in [2.75, 3.05) is 13.2 Å². The highest BCUT2D eigenvalue weighted by Gasteiger charge is 2.08. The van der Waals surface area contributed by atoms with Crippen molar-refractivity contribution >= 4 is 23.2 Å². The highest BCUT2D eigenvalue weighted by atomic mass is 32.1. The lowest BCUT2D eigenvalue weighted by Gasteiger charge is -2.13. The Bertz CT molecular complexity index is 1040. The fourth-order valence-electron chi connectivity index (χ4n) is 3.01. The highest BCUT2D eigenvalue weighted by molar-refractivity contribution is 7.14. The largest absolute Gasteiger partial charge is 0.490 e. The van der Waals surface area contributed by atoms with Gasteiger partial charge < -0.3 is 14.2 Å². The summed E-state index contributed by atoms with van der Waals surface area (Å²) in [4.78, 5) is 14.4. The summed E-state index contributed by atoms with van der Waals surface area (Å²) in [5.41, 5.74) is 1.91. The highest BCUT2D eigenvalue weighted by Crippen LogP contribution is 2.29. The van der Waals surface area contributed by atoms with Crippen LogP contribution < -0.4 is 14.2 Å². The van der Waals surface area contributed by atoms with Crippen molar-refractivity contribution in [3.63, 3.8) is 0 Å². The van der Waals surface area contributed by atoms with Crippen LogP contribution in [0, 0.1) is 0 Å². The quantitative estimate of drug-likeness (QED) is 0.251. The summed E-state index contributed by atoms with van der Waals surface area (Å²) in [6.45, 7) is 7.56. The number of hydrogen-bond acceptors (Lipinski definition) is 5. The molecule has 4 nitrogen and oxygen atoms in total. The number of allylic oxidation sites excluding steroid dienone is 1. The third kappa shape index (κ3) is 6.46. The number of carbonyl (C=O) groups excluding carboxylic acids is 1. The van der Waals surface area contributed by atoms with Crippen molar-refractivity contribution in [1.29, 1.82) is 0 Å². The number of benzene rings is 2. The molecule has 0 spiro atoms. The minimum atomic E-state index is 0.0221.